The summed E-state index contributed by atoms with van der Waals surface area (Å²) in [5, 5.41) is 3.20. The second-order valence-electron chi connectivity index (χ2n) is 13.5. The Hall–Kier alpha value is -4.88. The van der Waals surface area contributed by atoms with Gasteiger partial charge in [-0.2, -0.15) is 0 Å². The highest BCUT2D eigenvalue weighted by atomic mass is 35.5. The normalized spacial score (nSPS) is 15.0. The largest absolute Gasteiger partial charge is 0.492 e. The fraction of sp³-hybridized carbons (Fsp3) is 0.256. The lowest BCUT2D eigenvalue weighted by atomic mass is 9.84. The van der Waals surface area contributed by atoms with Crippen LogP contribution in [-0.2, 0) is 10.8 Å². The van der Waals surface area contributed by atoms with Gasteiger partial charge in [0, 0.05) is 45.5 Å². The lowest BCUT2D eigenvalue weighted by molar-refractivity contribution is 0.102. The van der Waals surface area contributed by atoms with E-state index in [9.17, 15) is 4.79 Å². The molecule has 0 spiro atoms. The summed E-state index contributed by atoms with van der Waals surface area (Å²) in [5.74, 6) is 2.72. The molecule has 0 saturated heterocycles. The number of rotatable bonds is 4. The molecule has 0 bridgehead atoms. The minimum Gasteiger partial charge on any atom is -0.492 e. The molecule has 1 amide bonds. The molecule has 0 radical (unpaired) electrons. The standard InChI is InChI=1S/C23H21ClN2O2.C16H18N2O/c1-14-10-20-18(23(2,3)13-28-20)11-17(14)15-8-9-21(25-12-15)26-22(27)16-6-4-5-7-19(16)24;1-10-6-14-13(16(2,3)9-19-14)7-12(10)11-4-5-15(17)18-8-11/h4-12H,13H2,1-3H3,(H,25,26,27);4-8H,9H2,1-3H3,(H2,17,18). The molecule has 0 fully saturated rings. The maximum absolute atomic E-state index is 12.4. The number of fused-ring (bicyclic) bond motifs is 2. The van der Waals surface area contributed by atoms with Crippen molar-refractivity contribution >= 4 is 29.1 Å². The number of halogens is 1. The zero-order valence-electron chi connectivity index (χ0n) is 27.6. The first-order chi connectivity index (χ1) is 22.3. The van der Waals surface area contributed by atoms with E-state index in [1.807, 2.05) is 24.4 Å². The van der Waals surface area contributed by atoms with Crippen LogP contribution in [0.4, 0.5) is 11.6 Å². The quantitative estimate of drug-likeness (QED) is 0.202. The Labute approximate surface area is 281 Å². The van der Waals surface area contributed by atoms with E-state index in [0.717, 1.165) is 40.4 Å². The minimum absolute atomic E-state index is 0.00587. The van der Waals surface area contributed by atoms with Gasteiger partial charge in [-0.05, 0) is 96.8 Å². The molecule has 8 heteroatoms. The van der Waals surface area contributed by atoms with Crippen LogP contribution in [0.5, 0.6) is 11.5 Å². The van der Waals surface area contributed by atoms with Crippen LogP contribution in [0.2, 0.25) is 5.02 Å². The lowest BCUT2D eigenvalue weighted by Gasteiger charge is -2.17. The molecular weight excluding hydrogens is 608 g/mol. The number of aromatic nitrogens is 2. The monoisotopic (exact) mass is 646 g/mol. The van der Waals surface area contributed by atoms with Crippen molar-refractivity contribution in [1.29, 1.82) is 0 Å². The molecule has 0 atom stereocenters. The van der Waals surface area contributed by atoms with E-state index in [1.165, 1.54) is 22.3 Å². The lowest BCUT2D eigenvalue weighted by Crippen LogP contribution is -2.18. The number of hydrogen-bond acceptors (Lipinski definition) is 6. The van der Waals surface area contributed by atoms with Crippen LogP contribution in [0.3, 0.4) is 0 Å². The van der Waals surface area contributed by atoms with E-state index in [4.69, 9.17) is 26.8 Å². The molecule has 4 heterocycles. The van der Waals surface area contributed by atoms with Crippen molar-refractivity contribution in [1.82, 2.24) is 9.97 Å². The Balaban J connectivity index is 0.000000177. The summed E-state index contributed by atoms with van der Waals surface area (Å²) in [5.41, 5.74) is 15.4. The number of benzene rings is 3. The van der Waals surface area contributed by atoms with Crippen molar-refractivity contribution in [2.24, 2.45) is 0 Å². The summed E-state index contributed by atoms with van der Waals surface area (Å²) in [6.45, 7) is 14.4. The third kappa shape index (κ3) is 6.54. The van der Waals surface area contributed by atoms with Gasteiger partial charge in [-0.1, -0.05) is 51.4 Å². The van der Waals surface area contributed by atoms with Crippen LogP contribution >= 0.6 is 11.6 Å². The van der Waals surface area contributed by atoms with Crippen molar-refractivity contribution in [3.8, 4) is 33.8 Å². The molecule has 7 nitrogen and oxygen atoms in total. The summed E-state index contributed by atoms with van der Waals surface area (Å²) in [6.07, 6.45) is 3.60. The number of nitrogens with zero attached hydrogens (tertiary/aromatic N) is 2. The number of carbonyl (C=O) groups excluding carboxylic acids is 1. The smallest absolute Gasteiger partial charge is 0.258 e. The Morgan fingerprint density at radius 2 is 1.30 bits per heavy atom. The van der Waals surface area contributed by atoms with Gasteiger partial charge in [0.2, 0.25) is 0 Å². The molecule has 3 N–H and O–H groups in total. The molecule has 47 heavy (non-hydrogen) atoms. The van der Waals surface area contributed by atoms with Crippen molar-refractivity contribution in [3.63, 3.8) is 0 Å². The number of anilines is 2. The number of amides is 1. The maximum Gasteiger partial charge on any atom is 0.258 e. The summed E-state index contributed by atoms with van der Waals surface area (Å²) in [4.78, 5) is 21.0. The van der Waals surface area contributed by atoms with Crippen LogP contribution in [0.1, 0.15) is 60.3 Å². The first kappa shape index (κ1) is 32.1. The topological polar surface area (TPSA) is 99.4 Å². The first-order valence-corrected chi connectivity index (χ1v) is 16.0. The number of hydrogen-bond donors (Lipinski definition) is 2. The van der Waals surface area contributed by atoms with Crippen molar-refractivity contribution < 1.29 is 14.3 Å². The zero-order chi connectivity index (χ0) is 33.5. The van der Waals surface area contributed by atoms with E-state index >= 15 is 0 Å². The molecule has 0 saturated carbocycles. The third-order valence-electron chi connectivity index (χ3n) is 8.82. The van der Waals surface area contributed by atoms with Crippen LogP contribution in [-0.4, -0.2) is 29.1 Å². The number of carbonyl (C=O) groups is 1. The zero-order valence-corrected chi connectivity index (χ0v) is 28.3. The Kier molecular flexibility index (Phi) is 8.45. The third-order valence-corrected chi connectivity index (χ3v) is 9.15. The molecule has 7 rings (SSSR count). The van der Waals surface area contributed by atoms with Crippen LogP contribution < -0.4 is 20.5 Å². The Morgan fingerprint density at radius 3 is 1.79 bits per heavy atom. The number of nitrogens with one attached hydrogen (secondary N) is 1. The summed E-state index contributed by atoms with van der Waals surface area (Å²) >= 11 is 6.09. The van der Waals surface area contributed by atoms with Crippen molar-refractivity contribution in [2.45, 2.75) is 52.4 Å². The molecule has 5 aromatic rings. The van der Waals surface area contributed by atoms with Gasteiger partial charge < -0.3 is 20.5 Å². The van der Waals surface area contributed by atoms with Crippen LogP contribution in [0, 0.1) is 13.8 Å². The van der Waals surface area contributed by atoms with Crippen molar-refractivity contribution in [3.05, 3.63) is 118 Å². The van der Waals surface area contributed by atoms with Crippen LogP contribution in [0.15, 0.2) is 85.2 Å². The van der Waals surface area contributed by atoms with Gasteiger partial charge in [-0.15, -0.1) is 0 Å². The van der Waals surface area contributed by atoms with Crippen molar-refractivity contribution in [2.75, 3.05) is 24.3 Å². The van der Waals surface area contributed by atoms with Gasteiger partial charge in [-0.25, -0.2) is 9.97 Å². The molecule has 240 valence electrons. The predicted molar refractivity (Wildman–Crippen MR) is 190 cm³/mol. The fourth-order valence-electron chi connectivity index (χ4n) is 5.97. The van der Waals surface area contributed by atoms with Gasteiger partial charge in [-0.3, -0.25) is 4.79 Å². The second-order valence-corrected chi connectivity index (χ2v) is 13.9. The average Bonchev–Trinajstić information content (AvgIpc) is 3.50. The molecule has 0 aliphatic carbocycles. The van der Waals surface area contributed by atoms with Gasteiger partial charge >= 0.3 is 0 Å². The molecule has 0 unspecified atom stereocenters. The van der Waals surface area contributed by atoms with Crippen LogP contribution in [0.25, 0.3) is 22.3 Å². The number of nitrogens with two attached hydrogens (primary N) is 1. The summed E-state index contributed by atoms with van der Waals surface area (Å²) < 4.78 is 11.6. The molecule has 2 aliphatic rings. The second kappa shape index (κ2) is 12.4. The highest BCUT2D eigenvalue weighted by molar-refractivity contribution is 6.34. The fourth-order valence-corrected chi connectivity index (χ4v) is 6.20. The summed E-state index contributed by atoms with van der Waals surface area (Å²) in [6, 6.07) is 23.2. The van der Waals surface area contributed by atoms with E-state index in [-0.39, 0.29) is 16.7 Å². The number of ether oxygens (including phenoxy) is 2. The number of pyridine rings is 2. The van der Waals surface area contributed by atoms with Gasteiger partial charge in [0.15, 0.2) is 0 Å². The molecule has 3 aromatic carbocycles. The van der Waals surface area contributed by atoms with Gasteiger partial charge in [0.25, 0.3) is 5.91 Å². The predicted octanol–water partition coefficient (Wildman–Crippen LogP) is 8.94. The molecule has 2 aliphatic heterocycles. The SMILES string of the molecule is Cc1cc2c(cc1-c1ccc(N)nc1)C(C)(C)CO2.Cc1cc2c(cc1-c1ccc(NC(=O)c3ccccc3Cl)nc1)C(C)(C)CO2. The van der Waals surface area contributed by atoms with Gasteiger partial charge in [0.05, 0.1) is 23.8 Å². The van der Waals surface area contributed by atoms with Gasteiger partial charge in [0.1, 0.15) is 23.1 Å². The average molecular weight is 647 g/mol. The Bertz CT molecular complexity index is 1970. The summed E-state index contributed by atoms with van der Waals surface area (Å²) in [7, 11) is 0. The molecular formula is C39H39ClN4O3. The number of aryl methyl sites for hydroxylation is 2. The first-order valence-electron chi connectivity index (χ1n) is 15.6. The Morgan fingerprint density at radius 1 is 0.766 bits per heavy atom. The maximum atomic E-state index is 12.4. The van der Waals surface area contributed by atoms with E-state index in [1.54, 1.807) is 36.5 Å². The van der Waals surface area contributed by atoms with E-state index < -0.39 is 0 Å². The minimum atomic E-state index is -0.279. The van der Waals surface area contributed by atoms with E-state index in [0.29, 0.717) is 28.8 Å². The number of nitrogen functional groups attached to an aromatic ring is 1. The van der Waals surface area contributed by atoms with E-state index in [2.05, 4.69) is 81.1 Å². The molecule has 2 aromatic heterocycles. The highest BCUT2D eigenvalue weighted by Gasteiger charge is 2.33. The highest BCUT2D eigenvalue weighted by Crippen LogP contribution is 2.43.